The molecule has 0 bridgehead atoms. The molecular formula is C17H13Cl5O2. The summed E-state index contributed by atoms with van der Waals surface area (Å²) in [6.07, 6.45) is 2.22. The van der Waals surface area contributed by atoms with Gasteiger partial charge in [-0.2, -0.15) is 0 Å². The third-order valence-electron chi connectivity index (χ3n) is 3.01. The van der Waals surface area contributed by atoms with Gasteiger partial charge in [-0.05, 0) is 23.8 Å². The molecule has 0 spiro atoms. The topological polar surface area (TPSA) is 18.5 Å². The molecule has 0 aromatic heterocycles. The van der Waals surface area contributed by atoms with Crippen molar-refractivity contribution in [2.24, 2.45) is 0 Å². The molecule has 128 valence electrons. The molecule has 0 unspecified atom stereocenters. The monoisotopic (exact) mass is 424 g/mol. The fourth-order valence-electron chi connectivity index (χ4n) is 1.88. The van der Waals surface area contributed by atoms with Crippen LogP contribution in [-0.4, -0.2) is 13.2 Å². The molecule has 0 amide bonds. The molecule has 2 rings (SSSR count). The molecule has 0 N–H and O–H groups in total. The van der Waals surface area contributed by atoms with Crippen molar-refractivity contribution in [1.29, 1.82) is 0 Å². The standard InChI is InChI=1S/C17H13Cl5O2/c18-12-3-1-11(2-4-12)5-7-24-17-14(19)9-13(10-15(17)20)23-8-6-16(21)22/h1-4,6,9-10H,5,7-8H2. The van der Waals surface area contributed by atoms with E-state index in [0.29, 0.717) is 39.6 Å². The zero-order valence-electron chi connectivity index (χ0n) is 12.4. The summed E-state index contributed by atoms with van der Waals surface area (Å²) in [7, 11) is 0. The summed E-state index contributed by atoms with van der Waals surface area (Å²) in [5, 5.41) is 1.44. The fourth-order valence-corrected chi connectivity index (χ4v) is 2.71. The molecule has 0 aliphatic rings. The van der Waals surface area contributed by atoms with E-state index in [4.69, 9.17) is 67.5 Å². The number of ether oxygens (including phenoxy) is 2. The zero-order valence-corrected chi connectivity index (χ0v) is 16.1. The van der Waals surface area contributed by atoms with Gasteiger partial charge < -0.3 is 9.47 Å². The van der Waals surface area contributed by atoms with Crippen molar-refractivity contribution in [3.05, 3.63) is 67.6 Å². The Morgan fingerprint density at radius 3 is 2.12 bits per heavy atom. The van der Waals surface area contributed by atoms with Gasteiger partial charge in [0.25, 0.3) is 0 Å². The number of rotatable bonds is 7. The largest absolute Gasteiger partial charge is 0.490 e. The Hall–Kier alpha value is -0.770. The van der Waals surface area contributed by atoms with Gasteiger partial charge in [-0.1, -0.05) is 70.1 Å². The maximum atomic E-state index is 6.20. The highest BCUT2D eigenvalue weighted by molar-refractivity contribution is 6.55. The first-order chi connectivity index (χ1) is 11.5. The average molecular weight is 427 g/mol. The molecule has 0 radical (unpaired) electrons. The summed E-state index contributed by atoms with van der Waals surface area (Å²) in [6.45, 7) is 0.650. The highest BCUT2D eigenvalue weighted by atomic mass is 35.5. The molecule has 0 heterocycles. The number of hydrogen-bond donors (Lipinski definition) is 0. The second-order valence-corrected chi connectivity index (χ2v) is 7.00. The third kappa shape index (κ3) is 6.27. The van der Waals surface area contributed by atoms with Gasteiger partial charge in [0.05, 0.1) is 16.7 Å². The molecule has 0 atom stereocenters. The van der Waals surface area contributed by atoms with E-state index in [1.54, 1.807) is 12.1 Å². The van der Waals surface area contributed by atoms with E-state index in [-0.39, 0.29) is 11.1 Å². The predicted octanol–water partition coefficient (Wildman–Crippen LogP) is 6.97. The van der Waals surface area contributed by atoms with Crippen LogP contribution in [0, 0.1) is 0 Å². The van der Waals surface area contributed by atoms with Gasteiger partial charge in [-0.15, -0.1) is 0 Å². The van der Waals surface area contributed by atoms with E-state index in [0.717, 1.165) is 5.56 Å². The van der Waals surface area contributed by atoms with Crippen LogP contribution < -0.4 is 9.47 Å². The van der Waals surface area contributed by atoms with E-state index in [1.165, 1.54) is 6.08 Å². The molecule has 24 heavy (non-hydrogen) atoms. The molecule has 2 nitrogen and oxygen atoms in total. The smallest absolute Gasteiger partial charge is 0.156 e. The molecule has 0 saturated heterocycles. The molecule has 2 aromatic carbocycles. The number of halogens is 5. The molecule has 2 aromatic rings. The maximum absolute atomic E-state index is 6.20. The number of hydrogen-bond acceptors (Lipinski definition) is 2. The van der Waals surface area contributed by atoms with Gasteiger partial charge in [0.1, 0.15) is 16.8 Å². The van der Waals surface area contributed by atoms with Gasteiger partial charge in [-0.25, -0.2) is 0 Å². The van der Waals surface area contributed by atoms with E-state index in [9.17, 15) is 0 Å². The maximum Gasteiger partial charge on any atom is 0.156 e. The van der Waals surface area contributed by atoms with Crippen LogP contribution in [0.3, 0.4) is 0 Å². The number of benzene rings is 2. The van der Waals surface area contributed by atoms with Crippen LogP contribution in [0.5, 0.6) is 11.5 Å². The van der Waals surface area contributed by atoms with Crippen LogP contribution in [0.1, 0.15) is 5.56 Å². The first-order valence-corrected chi connectivity index (χ1v) is 8.85. The molecule has 7 heteroatoms. The van der Waals surface area contributed by atoms with Crippen molar-refractivity contribution in [3.63, 3.8) is 0 Å². The first-order valence-electron chi connectivity index (χ1n) is 6.96. The van der Waals surface area contributed by atoms with Crippen LogP contribution in [0.2, 0.25) is 15.1 Å². The Balaban J connectivity index is 1.95. The lowest BCUT2D eigenvalue weighted by molar-refractivity contribution is 0.320. The third-order valence-corrected chi connectivity index (χ3v) is 4.13. The summed E-state index contributed by atoms with van der Waals surface area (Å²) in [4.78, 5) is 0. The van der Waals surface area contributed by atoms with Gasteiger partial charge in [0.15, 0.2) is 5.75 Å². The van der Waals surface area contributed by atoms with Gasteiger partial charge in [-0.3, -0.25) is 0 Å². The predicted molar refractivity (Wildman–Crippen MR) is 102 cm³/mol. The normalized spacial score (nSPS) is 10.4. The van der Waals surface area contributed by atoms with Gasteiger partial charge >= 0.3 is 0 Å². The molecule has 0 fully saturated rings. The lowest BCUT2D eigenvalue weighted by Crippen LogP contribution is -2.02. The summed E-state index contributed by atoms with van der Waals surface area (Å²) in [5.74, 6) is 0.923. The van der Waals surface area contributed by atoms with Crippen LogP contribution in [0.15, 0.2) is 47.0 Å². The minimum Gasteiger partial charge on any atom is -0.490 e. The lowest BCUT2D eigenvalue weighted by Gasteiger charge is -2.12. The SMILES string of the molecule is ClC(Cl)=CCOc1cc(Cl)c(OCCc2ccc(Cl)cc2)c(Cl)c1. The highest BCUT2D eigenvalue weighted by Crippen LogP contribution is 2.37. The van der Waals surface area contributed by atoms with E-state index >= 15 is 0 Å². The Labute approximate surface area is 165 Å². The summed E-state index contributed by atoms with van der Waals surface area (Å²) in [6, 6.07) is 10.8. The minimum atomic E-state index is 0.134. The Morgan fingerprint density at radius 2 is 1.54 bits per heavy atom. The quantitative estimate of drug-likeness (QED) is 0.476. The second-order valence-electron chi connectivity index (χ2n) is 4.75. The van der Waals surface area contributed by atoms with Crippen molar-refractivity contribution in [1.82, 2.24) is 0 Å². The summed E-state index contributed by atoms with van der Waals surface area (Å²) < 4.78 is 11.3. The average Bonchev–Trinajstić information content (AvgIpc) is 2.51. The molecular weight excluding hydrogens is 413 g/mol. The Bertz CT molecular complexity index is 686. The fraction of sp³-hybridized carbons (Fsp3) is 0.176. The van der Waals surface area contributed by atoms with Crippen molar-refractivity contribution in [2.45, 2.75) is 6.42 Å². The van der Waals surface area contributed by atoms with E-state index in [1.807, 2.05) is 24.3 Å². The van der Waals surface area contributed by atoms with Gasteiger partial charge in [0, 0.05) is 23.6 Å². The minimum absolute atomic E-state index is 0.134. The van der Waals surface area contributed by atoms with Crippen molar-refractivity contribution < 1.29 is 9.47 Å². The van der Waals surface area contributed by atoms with E-state index in [2.05, 4.69) is 0 Å². The van der Waals surface area contributed by atoms with Crippen molar-refractivity contribution >= 4 is 58.0 Å². The van der Waals surface area contributed by atoms with Crippen LogP contribution in [-0.2, 0) is 6.42 Å². The van der Waals surface area contributed by atoms with Crippen LogP contribution in [0.25, 0.3) is 0 Å². The van der Waals surface area contributed by atoms with E-state index < -0.39 is 0 Å². The van der Waals surface area contributed by atoms with Crippen molar-refractivity contribution in [3.8, 4) is 11.5 Å². The molecule has 0 saturated carbocycles. The lowest BCUT2D eigenvalue weighted by atomic mass is 10.2. The van der Waals surface area contributed by atoms with Crippen molar-refractivity contribution in [2.75, 3.05) is 13.2 Å². The Kier molecular flexibility index (Phi) is 7.86. The molecule has 0 aliphatic heterocycles. The van der Waals surface area contributed by atoms with Gasteiger partial charge in [0.2, 0.25) is 0 Å². The zero-order chi connectivity index (χ0) is 17.5. The molecule has 0 aliphatic carbocycles. The first kappa shape index (κ1) is 19.6. The highest BCUT2D eigenvalue weighted by Gasteiger charge is 2.10. The van der Waals surface area contributed by atoms with Crippen LogP contribution >= 0.6 is 58.0 Å². The Morgan fingerprint density at radius 1 is 0.917 bits per heavy atom. The summed E-state index contributed by atoms with van der Waals surface area (Å²) >= 11 is 29.3. The summed E-state index contributed by atoms with van der Waals surface area (Å²) in [5.41, 5.74) is 1.11. The second kappa shape index (κ2) is 9.65. The van der Waals surface area contributed by atoms with Crippen LogP contribution in [0.4, 0.5) is 0 Å².